The minimum Gasteiger partial charge on any atom is -0.480 e. The Morgan fingerprint density at radius 2 is 2.44 bits per heavy atom. The zero-order valence-corrected chi connectivity index (χ0v) is 10.3. The van der Waals surface area contributed by atoms with Crippen molar-refractivity contribution in [1.82, 2.24) is 5.32 Å². The number of ether oxygens (including phenoxy) is 1. The molecule has 1 aromatic rings. The first-order valence-corrected chi connectivity index (χ1v) is 6.01. The maximum atomic E-state index is 11.1. The van der Waals surface area contributed by atoms with Crippen LogP contribution in [-0.4, -0.2) is 36.9 Å². The molecule has 0 aliphatic carbocycles. The van der Waals surface area contributed by atoms with Gasteiger partial charge < -0.3 is 9.84 Å². The van der Waals surface area contributed by atoms with Crippen LogP contribution in [0.15, 0.2) is 16.8 Å². The Labute approximate surface area is 99.2 Å². The van der Waals surface area contributed by atoms with Crippen molar-refractivity contribution in [2.24, 2.45) is 0 Å². The van der Waals surface area contributed by atoms with Gasteiger partial charge in [0.15, 0.2) is 0 Å². The first-order valence-electron chi connectivity index (χ1n) is 5.07. The Hall–Kier alpha value is -0.910. The van der Waals surface area contributed by atoms with E-state index in [1.807, 2.05) is 11.4 Å². The fourth-order valence-electron chi connectivity index (χ4n) is 1.39. The molecule has 1 atom stereocenters. The van der Waals surface area contributed by atoms with Gasteiger partial charge in [0.25, 0.3) is 0 Å². The van der Waals surface area contributed by atoms with Crippen LogP contribution in [0.1, 0.15) is 12.5 Å². The number of rotatable bonds is 7. The number of hydrogen-bond donors (Lipinski definition) is 2. The van der Waals surface area contributed by atoms with Crippen LogP contribution < -0.4 is 5.32 Å². The summed E-state index contributed by atoms with van der Waals surface area (Å²) in [4.78, 5) is 11.1. The number of carbonyl (C=O) groups is 1. The monoisotopic (exact) mass is 243 g/mol. The minimum absolute atomic E-state index is 0.159. The van der Waals surface area contributed by atoms with Gasteiger partial charge in [-0.25, -0.2) is 0 Å². The third-order valence-electron chi connectivity index (χ3n) is 2.41. The predicted molar refractivity (Wildman–Crippen MR) is 63.9 cm³/mol. The molecular formula is C11H17NO3S. The number of methoxy groups -OCH3 is 1. The second-order valence-corrected chi connectivity index (χ2v) is 4.66. The Bertz CT molecular complexity index is 326. The zero-order valence-electron chi connectivity index (χ0n) is 9.53. The second kappa shape index (κ2) is 5.98. The summed E-state index contributed by atoms with van der Waals surface area (Å²) in [5.41, 5.74) is 0.216. The molecular weight excluding hydrogens is 226 g/mol. The van der Waals surface area contributed by atoms with Gasteiger partial charge in [-0.3, -0.25) is 10.1 Å². The molecule has 1 unspecified atom stereocenters. The molecule has 0 saturated heterocycles. The van der Waals surface area contributed by atoms with Crippen LogP contribution in [0.25, 0.3) is 0 Å². The number of nitrogens with one attached hydrogen (secondary N) is 1. The van der Waals surface area contributed by atoms with E-state index in [0.29, 0.717) is 6.54 Å². The molecule has 1 aromatic heterocycles. The van der Waals surface area contributed by atoms with Crippen molar-refractivity contribution >= 4 is 17.3 Å². The molecule has 0 aliphatic rings. The third kappa shape index (κ3) is 3.59. The van der Waals surface area contributed by atoms with Crippen molar-refractivity contribution < 1.29 is 14.6 Å². The van der Waals surface area contributed by atoms with E-state index in [-0.39, 0.29) is 6.61 Å². The van der Waals surface area contributed by atoms with Crippen molar-refractivity contribution in [3.63, 3.8) is 0 Å². The number of hydrogen-bond acceptors (Lipinski definition) is 4. The molecule has 0 spiro atoms. The number of aliphatic carboxylic acids is 1. The maximum Gasteiger partial charge on any atom is 0.326 e. The predicted octanol–water partition coefficient (Wildman–Crippen LogP) is 1.37. The molecule has 1 heterocycles. The normalized spacial score (nSPS) is 14.6. The highest BCUT2D eigenvalue weighted by Gasteiger charge is 2.32. The molecule has 0 aliphatic heterocycles. The number of thiophene rings is 1. The quantitative estimate of drug-likeness (QED) is 0.759. The van der Waals surface area contributed by atoms with Gasteiger partial charge in [-0.05, 0) is 35.7 Å². The van der Waals surface area contributed by atoms with Crippen LogP contribution in [0.4, 0.5) is 0 Å². The lowest BCUT2D eigenvalue weighted by molar-refractivity contribution is -0.146. The first kappa shape index (κ1) is 13.2. The summed E-state index contributed by atoms with van der Waals surface area (Å²) >= 11 is 1.65. The van der Waals surface area contributed by atoms with E-state index < -0.39 is 11.5 Å². The Balaban J connectivity index is 2.41. The highest BCUT2D eigenvalue weighted by molar-refractivity contribution is 7.07. The van der Waals surface area contributed by atoms with Crippen molar-refractivity contribution in [2.75, 3.05) is 20.3 Å². The van der Waals surface area contributed by atoms with Crippen molar-refractivity contribution in [3.8, 4) is 0 Å². The Morgan fingerprint density at radius 3 is 2.94 bits per heavy atom. The van der Waals surface area contributed by atoms with Gasteiger partial charge in [0.1, 0.15) is 5.54 Å². The summed E-state index contributed by atoms with van der Waals surface area (Å²) < 4.78 is 4.91. The topological polar surface area (TPSA) is 58.6 Å². The molecule has 90 valence electrons. The summed E-state index contributed by atoms with van der Waals surface area (Å²) in [6, 6.07) is 2.04. The van der Waals surface area contributed by atoms with Gasteiger partial charge in [-0.15, -0.1) is 0 Å². The summed E-state index contributed by atoms with van der Waals surface area (Å²) in [5, 5.41) is 16.2. The minimum atomic E-state index is -1.01. The molecule has 0 saturated carbocycles. The maximum absolute atomic E-state index is 11.1. The first-order chi connectivity index (χ1) is 7.58. The Morgan fingerprint density at radius 1 is 1.69 bits per heavy atom. The van der Waals surface area contributed by atoms with Crippen LogP contribution in [0.3, 0.4) is 0 Å². The fraction of sp³-hybridized carbons (Fsp3) is 0.545. The molecule has 0 aromatic carbocycles. The van der Waals surface area contributed by atoms with Crippen LogP contribution >= 0.6 is 11.3 Å². The molecule has 0 amide bonds. The average molecular weight is 243 g/mol. The van der Waals surface area contributed by atoms with Crippen LogP contribution in [0, 0.1) is 0 Å². The number of carboxylic acids is 1. The Kier molecular flexibility index (Phi) is 4.92. The highest BCUT2D eigenvalue weighted by atomic mass is 32.1. The van der Waals surface area contributed by atoms with Gasteiger partial charge in [0, 0.05) is 13.7 Å². The van der Waals surface area contributed by atoms with Gasteiger partial charge in [0.05, 0.1) is 6.61 Å². The van der Waals surface area contributed by atoms with Gasteiger partial charge in [0.2, 0.25) is 0 Å². The molecule has 0 fully saturated rings. The summed E-state index contributed by atoms with van der Waals surface area (Å²) in [7, 11) is 1.50. The molecule has 0 bridgehead atoms. The van der Waals surface area contributed by atoms with Crippen LogP contribution in [0.2, 0.25) is 0 Å². The fourth-order valence-corrected chi connectivity index (χ4v) is 2.10. The molecule has 4 nitrogen and oxygen atoms in total. The lowest BCUT2D eigenvalue weighted by Gasteiger charge is -2.25. The van der Waals surface area contributed by atoms with E-state index in [4.69, 9.17) is 9.84 Å². The van der Waals surface area contributed by atoms with Crippen LogP contribution in [-0.2, 0) is 16.0 Å². The third-order valence-corrected chi connectivity index (χ3v) is 3.15. The molecule has 16 heavy (non-hydrogen) atoms. The summed E-state index contributed by atoms with van der Waals surface area (Å²) in [6.07, 6.45) is 0.829. The summed E-state index contributed by atoms with van der Waals surface area (Å²) in [6.45, 7) is 2.42. The van der Waals surface area contributed by atoms with E-state index in [1.54, 1.807) is 18.3 Å². The molecule has 2 N–H and O–H groups in total. The average Bonchev–Trinajstić information content (AvgIpc) is 2.70. The number of carboxylic acid groups (broad SMARTS) is 1. The molecule has 1 rings (SSSR count). The molecule has 5 heteroatoms. The molecule has 0 radical (unpaired) electrons. The largest absolute Gasteiger partial charge is 0.480 e. The van der Waals surface area contributed by atoms with Gasteiger partial charge in [-0.1, -0.05) is 0 Å². The van der Waals surface area contributed by atoms with Crippen LogP contribution in [0.5, 0.6) is 0 Å². The van der Waals surface area contributed by atoms with E-state index in [2.05, 4.69) is 10.7 Å². The van der Waals surface area contributed by atoms with E-state index in [9.17, 15) is 4.79 Å². The van der Waals surface area contributed by atoms with E-state index >= 15 is 0 Å². The smallest absolute Gasteiger partial charge is 0.326 e. The lowest BCUT2D eigenvalue weighted by Crippen LogP contribution is -2.53. The van der Waals surface area contributed by atoms with Gasteiger partial charge >= 0.3 is 5.97 Å². The van der Waals surface area contributed by atoms with Crippen molar-refractivity contribution in [1.29, 1.82) is 0 Å². The van der Waals surface area contributed by atoms with Crippen molar-refractivity contribution in [2.45, 2.75) is 18.9 Å². The highest BCUT2D eigenvalue weighted by Crippen LogP contribution is 2.08. The van der Waals surface area contributed by atoms with Crippen molar-refractivity contribution in [3.05, 3.63) is 22.4 Å². The standard InChI is InChI=1S/C11H17NO3S/c1-11(8-15-2,10(13)14)12-5-3-9-4-6-16-7-9/h4,6-7,12H,3,5,8H2,1-2H3,(H,13,14). The van der Waals surface area contributed by atoms with E-state index in [1.165, 1.54) is 12.7 Å². The second-order valence-electron chi connectivity index (χ2n) is 3.88. The van der Waals surface area contributed by atoms with E-state index in [0.717, 1.165) is 6.42 Å². The lowest BCUT2D eigenvalue weighted by atomic mass is 10.0. The zero-order chi connectivity index (χ0) is 12.0. The summed E-state index contributed by atoms with van der Waals surface area (Å²) in [5.74, 6) is -0.889. The van der Waals surface area contributed by atoms with Gasteiger partial charge in [-0.2, -0.15) is 11.3 Å². The SMILES string of the molecule is COCC(C)(NCCc1ccsc1)C(=O)O.